The van der Waals surface area contributed by atoms with Crippen molar-refractivity contribution in [1.29, 1.82) is 0 Å². The van der Waals surface area contributed by atoms with Crippen LogP contribution in [0.2, 0.25) is 0 Å². The third-order valence-electron chi connectivity index (χ3n) is 7.36. The van der Waals surface area contributed by atoms with Crippen molar-refractivity contribution >= 4 is 35.8 Å². The third-order valence-corrected chi connectivity index (χ3v) is 7.36. The van der Waals surface area contributed by atoms with Crippen LogP contribution < -0.4 is 15.5 Å². The predicted octanol–water partition coefficient (Wildman–Crippen LogP) is 1.84. The standard InChI is InChI=1S/C22H28N4O3.ClH/c27-19-4-3-18(20(28)24-19)26-14-15-13-16(1-2-17(15)21(26)29)25-11-7-22(8-12-25)5-9-23-10-6-22;/h1-2,13,18,23H,3-12,14H2,(H,24,27,28);1H/t18-;/m1./s1. The minimum atomic E-state index is -0.550. The van der Waals surface area contributed by atoms with Gasteiger partial charge in [0.25, 0.3) is 5.91 Å². The number of amides is 3. The molecule has 0 unspecified atom stereocenters. The van der Waals surface area contributed by atoms with E-state index in [4.69, 9.17) is 0 Å². The van der Waals surface area contributed by atoms with Gasteiger partial charge < -0.3 is 15.1 Å². The maximum absolute atomic E-state index is 12.9. The van der Waals surface area contributed by atoms with E-state index in [0.717, 1.165) is 31.7 Å². The molecular formula is C22H29ClN4O3. The molecule has 0 aromatic heterocycles. The number of anilines is 1. The lowest BCUT2D eigenvalue weighted by atomic mass is 9.71. The summed E-state index contributed by atoms with van der Waals surface area (Å²) in [4.78, 5) is 40.5. The van der Waals surface area contributed by atoms with Gasteiger partial charge >= 0.3 is 0 Å². The number of carbonyl (C=O) groups excluding carboxylic acids is 3. The largest absolute Gasteiger partial charge is 0.371 e. The normalized spacial score (nSPS) is 25.7. The van der Waals surface area contributed by atoms with Crippen molar-refractivity contribution < 1.29 is 14.4 Å². The second-order valence-electron chi connectivity index (χ2n) is 8.98. The van der Waals surface area contributed by atoms with Crippen LogP contribution in [0.15, 0.2) is 18.2 Å². The highest BCUT2D eigenvalue weighted by Gasteiger charge is 2.40. The van der Waals surface area contributed by atoms with Crippen molar-refractivity contribution in [2.75, 3.05) is 31.1 Å². The van der Waals surface area contributed by atoms with Gasteiger partial charge in [-0.25, -0.2) is 0 Å². The lowest BCUT2D eigenvalue weighted by Crippen LogP contribution is -2.52. The molecule has 1 aromatic rings. The Morgan fingerprint density at radius 2 is 1.73 bits per heavy atom. The van der Waals surface area contributed by atoms with Crippen molar-refractivity contribution in [2.45, 2.75) is 51.1 Å². The van der Waals surface area contributed by atoms with Gasteiger partial charge in [0, 0.05) is 37.3 Å². The number of nitrogens with one attached hydrogen (secondary N) is 2. The average molecular weight is 433 g/mol. The Hall–Kier alpha value is -2.12. The Balaban J connectivity index is 0.00000218. The van der Waals surface area contributed by atoms with Gasteiger partial charge in [0.05, 0.1) is 0 Å². The molecule has 7 nitrogen and oxygen atoms in total. The zero-order valence-electron chi connectivity index (χ0n) is 17.1. The van der Waals surface area contributed by atoms with Crippen LogP contribution in [0.3, 0.4) is 0 Å². The minimum Gasteiger partial charge on any atom is -0.371 e. The van der Waals surface area contributed by atoms with E-state index >= 15 is 0 Å². The highest BCUT2D eigenvalue weighted by atomic mass is 35.5. The lowest BCUT2D eigenvalue weighted by Gasteiger charge is -2.45. The van der Waals surface area contributed by atoms with E-state index in [-0.39, 0.29) is 36.5 Å². The van der Waals surface area contributed by atoms with Crippen LogP contribution in [0, 0.1) is 5.41 Å². The smallest absolute Gasteiger partial charge is 0.255 e. The Kier molecular flexibility index (Phi) is 5.77. The summed E-state index contributed by atoms with van der Waals surface area (Å²) in [5, 5.41) is 5.83. The molecule has 4 heterocycles. The number of benzene rings is 1. The van der Waals surface area contributed by atoms with Crippen LogP contribution in [0.1, 0.15) is 54.4 Å². The molecule has 0 saturated carbocycles. The van der Waals surface area contributed by atoms with Gasteiger partial charge in [-0.1, -0.05) is 0 Å². The van der Waals surface area contributed by atoms with E-state index in [1.54, 1.807) is 4.90 Å². The topological polar surface area (TPSA) is 81.8 Å². The second kappa shape index (κ2) is 8.19. The highest BCUT2D eigenvalue weighted by molar-refractivity contribution is 6.05. The van der Waals surface area contributed by atoms with Crippen molar-refractivity contribution in [3.05, 3.63) is 29.3 Å². The first-order chi connectivity index (χ1) is 14.0. The predicted molar refractivity (Wildman–Crippen MR) is 116 cm³/mol. The molecule has 3 saturated heterocycles. The van der Waals surface area contributed by atoms with Crippen LogP contribution in [0.25, 0.3) is 0 Å². The molecule has 1 atom stereocenters. The van der Waals surface area contributed by atoms with Crippen LogP contribution in [-0.2, 0) is 16.1 Å². The summed E-state index contributed by atoms with van der Waals surface area (Å²) in [6, 6.07) is 5.53. The highest BCUT2D eigenvalue weighted by Crippen LogP contribution is 2.41. The Bertz CT molecular complexity index is 858. The lowest BCUT2D eigenvalue weighted by molar-refractivity contribution is -0.136. The molecule has 8 heteroatoms. The SMILES string of the molecule is Cl.O=C1CC[C@@H](N2Cc3cc(N4CCC5(CCNCC5)CC4)ccc3C2=O)C(=O)N1. The minimum absolute atomic E-state index is 0. The molecule has 5 rings (SSSR count). The fourth-order valence-corrected chi connectivity index (χ4v) is 5.45. The Morgan fingerprint density at radius 3 is 2.43 bits per heavy atom. The van der Waals surface area contributed by atoms with Crippen LogP contribution in [-0.4, -0.2) is 54.8 Å². The molecule has 3 amide bonds. The molecule has 1 aromatic carbocycles. The van der Waals surface area contributed by atoms with Crippen molar-refractivity contribution in [3.8, 4) is 0 Å². The first-order valence-corrected chi connectivity index (χ1v) is 10.8. The summed E-state index contributed by atoms with van der Waals surface area (Å²) >= 11 is 0. The summed E-state index contributed by atoms with van der Waals surface area (Å²) < 4.78 is 0. The van der Waals surface area contributed by atoms with Gasteiger partial charge in [0.15, 0.2) is 0 Å². The molecule has 1 spiro atoms. The molecule has 0 radical (unpaired) electrons. The van der Waals surface area contributed by atoms with Gasteiger partial charge in [-0.3, -0.25) is 19.7 Å². The van der Waals surface area contributed by atoms with E-state index < -0.39 is 6.04 Å². The molecule has 3 fully saturated rings. The van der Waals surface area contributed by atoms with Gasteiger partial charge in [-0.2, -0.15) is 0 Å². The number of fused-ring (bicyclic) bond motifs is 1. The van der Waals surface area contributed by atoms with Gasteiger partial charge in [-0.15, -0.1) is 12.4 Å². The van der Waals surface area contributed by atoms with Gasteiger partial charge in [0.1, 0.15) is 6.04 Å². The zero-order valence-corrected chi connectivity index (χ0v) is 17.9. The number of hydrogen-bond donors (Lipinski definition) is 2. The van der Waals surface area contributed by atoms with E-state index in [2.05, 4.69) is 21.6 Å². The summed E-state index contributed by atoms with van der Waals surface area (Å²) in [6.45, 7) is 4.83. The quantitative estimate of drug-likeness (QED) is 0.697. The monoisotopic (exact) mass is 432 g/mol. The number of piperidine rings is 3. The zero-order chi connectivity index (χ0) is 20.0. The second-order valence-corrected chi connectivity index (χ2v) is 8.98. The van der Waals surface area contributed by atoms with Gasteiger partial charge in [-0.05, 0) is 74.4 Å². The van der Waals surface area contributed by atoms with Crippen molar-refractivity contribution in [3.63, 3.8) is 0 Å². The number of rotatable bonds is 2. The summed E-state index contributed by atoms with van der Waals surface area (Å²) in [7, 11) is 0. The fraction of sp³-hybridized carbons (Fsp3) is 0.591. The number of imide groups is 1. The molecule has 30 heavy (non-hydrogen) atoms. The van der Waals surface area contributed by atoms with Crippen molar-refractivity contribution in [1.82, 2.24) is 15.5 Å². The first kappa shape index (κ1) is 21.1. The van der Waals surface area contributed by atoms with Crippen molar-refractivity contribution in [2.24, 2.45) is 5.41 Å². The Labute approximate surface area is 183 Å². The van der Waals surface area contributed by atoms with Crippen LogP contribution >= 0.6 is 12.4 Å². The molecule has 0 bridgehead atoms. The molecule has 0 aliphatic carbocycles. The summed E-state index contributed by atoms with van der Waals surface area (Å²) in [5.41, 5.74) is 3.35. The average Bonchev–Trinajstić information content (AvgIpc) is 3.05. The van der Waals surface area contributed by atoms with Crippen LogP contribution in [0.5, 0.6) is 0 Å². The number of hydrogen-bond acceptors (Lipinski definition) is 5. The molecule has 2 N–H and O–H groups in total. The van der Waals surface area contributed by atoms with E-state index in [9.17, 15) is 14.4 Å². The number of carbonyl (C=O) groups is 3. The van der Waals surface area contributed by atoms with E-state index in [1.807, 2.05) is 12.1 Å². The Morgan fingerprint density at radius 1 is 1.00 bits per heavy atom. The molecule has 162 valence electrons. The number of halogens is 1. The van der Waals surface area contributed by atoms with Crippen LogP contribution in [0.4, 0.5) is 5.69 Å². The fourth-order valence-electron chi connectivity index (χ4n) is 5.45. The summed E-state index contributed by atoms with van der Waals surface area (Å²) in [6.07, 6.45) is 5.70. The molecular weight excluding hydrogens is 404 g/mol. The number of nitrogens with zero attached hydrogens (tertiary/aromatic N) is 2. The maximum atomic E-state index is 12.9. The van der Waals surface area contributed by atoms with Gasteiger partial charge in [0.2, 0.25) is 11.8 Å². The maximum Gasteiger partial charge on any atom is 0.255 e. The molecule has 4 aliphatic rings. The van der Waals surface area contributed by atoms with E-state index in [0.29, 0.717) is 23.9 Å². The summed E-state index contributed by atoms with van der Waals surface area (Å²) in [5.74, 6) is -0.714. The van der Waals surface area contributed by atoms with E-state index in [1.165, 1.54) is 31.4 Å². The first-order valence-electron chi connectivity index (χ1n) is 10.8. The third kappa shape index (κ3) is 3.69. The molecule has 4 aliphatic heterocycles.